The zero-order chi connectivity index (χ0) is 12.8. The number of carbonyl (C=O) groups excluding carboxylic acids is 1. The van der Waals surface area contributed by atoms with Gasteiger partial charge in [-0.05, 0) is 26.7 Å². The summed E-state index contributed by atoms with van der Waals surface area (Å²) in [6.45, 7) is 7.77. The maximum absolute atomic E-state index is 12.0. The molecule has 2 rings (SSSR count). The molecule has 17 heavy (non-hydrogen) atoms. The highest BCUT2D eigenvalue weighted by Crippen LogP contribution is 2.53. The smallest absolute Gasteiger partial charge is 0.310 e. The molecule has 3 atom stereocenters. The minimum atomic E-state index is -0.409. The second kappa shape index (κ2) is 3.86. The number of esters is 1. The maximum atomic E-state index is 12.0. The van der Waals surface area contributed by atoms with Crippen molar-refractivity contribution in [1.29, 1.82) is 0 Å². The molecule has 0 aliphatic heterocycles. The molecular weight excluding hydrogens is 216 g/mol. The van der Waals surface area contributed by atoms with Gasteiger partial charge in [0.1, 0.15) is 5.60 Å². The van der Waals surface area contributed by atoms with Gasteiger partial charge in [0.2, 0.25) is 0 Å². The highest BCUT2D eigenvalue weighted by Gasteiger charge is 2.55. The molecule has 1 fully saturated rings. The van der Waals surface area contributed by atoms with Gasteiger partial charge in [-0.2, -0.15) is 0 Å². The van der Waals surface area contributed by atoms with Crippen molar-refractivity contribution >= 4 is 5.97 Å². The fourth-order valence-corrected chi connectivity index (χ4v) is 2.25. The van der Waals surface area contributed by atoms with E-state index in [1.54, 1.807) is 6.33 Å². The largest absolute Gasteiger partial charge is 0.460 e. The zero-order valence-corrected chi connectivity index (χ0v) is 11.1. The average molecular weight is 236 g/mol. The topological polar surface area (TPSA) is 44.1 Å². The van der Waals surface area contributed by atoms with Crippen molar-refractivity contribution in [2.75, 3.05) is 0 Å². The predicted octanol–water partition coefficient (Wildman–Crippen LogP) is 2.11. The molecule has 1 aromatic rings. The minimum absolute atomic E-state index is 0.0240. The van der Waals surface area contributed by atoms with Crippen LogP contribution in [0.5, 0.6) is 0 Å². The first kappa shape index (κ1) is 12.1. The van der Waals surface area contributed by atoms with Crippen LogP contribution in [0.1, 0.15) is 39.3 Å². The van der Waals surface area contributed by atoms with Crippen molar-refractivity contribution in [3.05, 3.63) is 18.2 Å². The number of aryl methyl sites for hydroxylation is 1. The molecule has 0 saturated heterocycles. The van der Waals surface area contributed by atoms with Gasteiger partial charge < -0.3 is 9.30 Å². The maximum Gasteiger partial charge on any atom is 0.310 e. The zero-order valence-electron chi connectivity index (χ0n) is 11.1. The number of nitrogens with zero attached hydrogens (tertiary/aromatic N) is 2. The van der Waals surface area contributed by atoms with Crippen LogP contribution >= 0.6 is 0 Å². The number of ether oxygens (including phenoxy) is 1. The second-order valence-corrected chi connectivity index (χ2v) is 5.91. The van der Waals surface area contributed by atoms with Gasteiger partial charge in [-0.15, -0.1) is 0 Å². The quantitative estimate of drug-likeness (QED) is 0.739. The van der Waals surface area contributed by atoms with E-state index < -0.39 is 5.60 Å². The lowest BCUT2D eigenvalue weighted by atomic mass is 10.2. The Hall–Kier alpha value is -1.32. The first-order valence-corrected chi connectivity index (χ1v) is 6.00. The van der Waals surface area contributed by atoms with Crippen LogP contribution in [0.3, 0.4) is 0 Å². The summed E-state index contributed by atoms with van der Waals surface area (Å²) in [4.78, 5) is 16.3. The Kier molecular flexibility index (Phi) is 2.76. The number of hydrogen-bond acceptors (Lipinski definition) is 3. The third-order valence-corrected chi connectivity index (χ3v) is 3.12. The predicted molar refractivity (Wildman–Crippen MR) is 64.4 cm³/mol. The number of carbonyl (C=O) groups is 1. The monoisotopic (exact) mass is 236 g/mol. The van der Waals surface area contributed by atoms with Crippen molar-refractivity contribution in [2.24, 2.45) is 18.9 Å². The van der Waals surface area contributed by atoms with E-state index in [1.165, 1.54) is 0 Å². The van der Waals surface area contributed by atoms with Crippen molar-refractivity contribution in [3.63, 3.8) is 0 Å². The summed E-state index contributed by atoms with van der Waals surface area (Å²) in [5.74, 6) is 0.440. The van der Waals surface area contributed by atoms with E-state index in [4.69, 9.17) is 4.74 Å². The molecule has 0 radical (unpaired) electrons. The summed E-state index contributed by atoms with van der Waals surface area (Å²) in [6.07, 6.45) is 3.75. The molecule has 0 aromatic carbocycles. The Balaban J connectivity index is 2.04. The fourth-order valence-electron chi connectivity index (χ4n) is 2.25. The Morgan fingerprint density at radius 1 is 1.47 bits per heavy atom. The van der Waals surface area contributed by atoms with E-state index >= 15 is 0 Å². The van der Waals surface area contributed by atoms with Gasteiger partial charge in [-0.1, -0.05) is 6.92 Å². The third kappa shape index (κ3) is 2.51. The molecule has 0 amide bonds. The second-order valence-electron chi connectivity index (χ2n) is 5.91. The summed E-state index contributed by atoms with van der Waals surface area (Å²) >= 11 is 0. The van der Waals surface area contributed by atoms with Crippen molar-refractivity contribution in [3.8, 4) is 0 Å². The molecule has 3 unspecified atom stereocenters. The summed E-state index contributed by atoms with van der Waals surface area (Å²) in [6, 6.07) is 0. The van der Waals surface area contributed by atoms with Gasteiger partial charge in [0, 0.05) is 19.2 Å². The number of rotatable bonds is 2. The van der Waals surface area contributed by atoms with E-state index in [9.17, 15) is 4.79 Å². The van der Waals surface area contributed by atoms with Crippen LogP contribution in [-0.2, 0) is 16.6 Å². The lowest BCUT2D eigenvalue weighted by Crippen LogP contribution is -2.25. The van der Waals surface area contributed by atoms with Gasteiger partial charge >= 0.3 is 5.97 Å². The highest BCUT2D eigenvalue weighted by atomic mass is 16.6. The molecule has 1 saturated carbocycles. The Labute approximate surface area is 102 Å². The van der Waals surface area contributed by atoms with Crippen LogP contribution in [-0.4, -0.2) is 21.1 Å². The Morgan fingerprint density at radius 3 is 2.59 bits per heavy atom. The molecule has 94 valence electrons. The van der Waals surface area contributed by atoms with Crippen molar-refractivity contribution in [1.82, 2.24) is 9.55 Å². The fraction of sp³-hybridized carbons (Fsp3) is 0.692. The van der Waals surface area contributed by atoms with Crippen LogP contribution in [0.2, 0.25) is 0 Å². The summed E-state index contributed by atoms with van der Waals surface area (Å²) < 4.78 is 7.33. The molecule has 1 aromatic heterocycles. The molecule has 0 bridgehead atoms. The lowest BCUT2D eigenvalue weighted by Gasteiger charge is -2.19. The molecule has 4 nitrogen and oxygen atoms in total. The van der Waals surface area contributed by atoms with Crippen LogP contribution in [0, 0.1) is 11.8 Å². The SMILES string of the molecule is CC1C(C(=O)OC(C)(C)C)C1c1cn(C)cn1. The van der Waals surface area contributed by atoms with E-state index in [0.29, 0.717) is 5.92 Å². The third-order valence-electron chi connectivity index (χ3n) is 3.12. The summed E-state index contributed by atoms with van der Waals surface area (Å²) in [5.41, 5.74) is 0.587. The lowest BCUT2D eigenvalue weighted by molar-refractivity contribution is -0.156. The normalized spacial score (nSPS) is 27.9. The average Bonchev–Trinajstić information content (AvgIpc) is 2.62. The molecule has 0 N–H and O–H groups in total. The van der Waals surface area contributed by atoms with Crippen LogP contribution in [0.4, 0.5) is 0 Å². The van der Waals surface area contributed by atoms with E-state index in [-0.39, 0.29) is 17.8 Å². The van der Waals surface area contributed by atoms with Gasteiger partial charge in [0.25, 0.3) is 0 Å². The molecular formula is C13H20N2O2. The van der Waals surface area contributed by atoms with E-state index in [1.807, 2.05) is 38.6 Å². The van der Waals surface area contributed by atoms with Crippen molar-refractivity contribution in [2.45, 2.75) is 39.2 Å². The number of imidazole rings is 1. The standard InChI is InChI=1S/C13H20N2O2/c1-8-10(9-6-15(5)7-14-9)11(8)12(16)17-13(2,3)4/h6-8,10-11H,1-5H3. The number of hydrogen-bond donors (Lipinski definition) is 0. The highest BCUT2D eigenvalue weighted by molar-refractivity contribution is 5.78. The molecule has 4 heteroatoms. The Bertz CT molecular complexity index is 431. The van der Waals surface area contributed by atoms with Gasteiger partial charge in [0.15, 0.2) is 0 Å². The Morgan fingerprint density at radius 2 is 2.12 bits per heavy atom. The van der Waals surface area contributed by atoms with Gasteiger partial charge in [-0.25, -0.2) is 4.98 Å². The molecule has 1 aliphatic carbocycles. The van der Waals surface area contributed by atoms with E-state index in [0.717, 1.165) is 5.69 Å². The number of aromatic nitrogens is 2. The van der Waals surface area contributed by atoms with Crippen LogP contribution < -0.4 is 0 Å². The van der Waals surface area contributed by atoms with Gasteiger partial charge in [-0.3, -0.25) is 4.79 Å². The molecule has 1 aliphatic rings. The molecule has 0 spiro atoms. The van der Waals surface area contributed by atoms with Crippen molar-refractivity contribution < 1.29 is 9.53 Å². The minimum Gasteiger partial charge on any atom is -0.460 e. The summed E-state index contributed by atoms with van der Waals surface area (Å²) in [5, 5.41) is 0. The first-order chi connectivity index (χ1) is 7.79. The summed E-state index contributed by atoms with van der Waals surface area (Å²) in [7, 11) is 1.94. The van der Waals surface area contributed by atoms with Crippen LogP contribution in [0.25, 0.3) is 0 Å². The molecule has 1 heterocycles. The first-order valence-electron chi connectivity index (χ1n) is 6.00. The van der Waals surface area contributed by atoms with E-state index in [2.05, 4.69) is 11.9 Å². The van der Waals surface area contributed by atoms with Gasteiger partial charge in [0.05, 0.1) is 17.9 Å². The van der Waals surface area contributed by atoms with Crippen LogP contribution in [0.15, 0.2) is 12.5 Å².